The maximum Gasteiger partial charge on any atom is 0.256 e. The molecule has 1 aromatic rings. The summed E-state index contributed by atoms with van der Waals surface area (Å²) < 4.78 is 13.1. The zero-order valence-corrected chi connectivity index (χ0v) is 8.06. The largest absolute Gasteiger partial charge is 0.275 e. The molecule has 1 rings (SSSR count). The predicted octanol–water partition coefficient (Wildman–Crippen LogP) is 2.20. The van der Waals surface area contributed by atoms with Gasteiger partial charge < -0.3 is 0 Å². The third-order valence-electron chi connectivity index (χ3n) is 1.05. The molecule has 58 valence electrons. The first-order valence-electron chi connectivity index (χ1n) is 2.61. The van der Waals surface area contributed by atoms with Crippen molar-refractivity contribution in [1.29, 1.82) is 0 Å². The quantitative estimate of drug-likeness (QED) is 0.585. The average Bonchev–Trinajstić information content (AvgIpc) is 1.85. The van der Waals surface area contributed by atoms with Gasteiger partial charge in [0.2, 0.25) is 0 Å². The van der Waals surface area contributed by atoms with Gasteiger partial charge >= 0.3 is 0 Å². The minimum atomic E-state index is -0.797. The van der Waals surface area contributed by atoms with Gasteiger partial charge in [0.15, 0.2) is 5.82 Å². The second-order valence-corrected chi connectivity index (χ2v) is 3.26. The van der Waals surface area contributed by atoms with Crippen LogP contribution in [-0.2, 0) is 0 Å². The number of pyridine rings is 1. The molecule has 0 N–H and O–H groups in total. The van der Waals surface area contributed by atoms with Crippen LogP contribution in [0.2, 0.25) is 0 Å². The van der Waals surface area contributed by atoms with Crippen LogP contribution in [0.15, 0.2) is 12.4 Å². The molecule has 2 nitrogen and oxygen atoms in total. The third-order valence-corrected chi connectivity index (χ3v) is 2.06. The number of carbonyl (C=O) groups excluding carboxylic acids is 1. The fraction of sp³-hybridized carbons (Fsp3) is 0. The second kappa shape index (κ2) is 3.44. The first-order valence-corrected chi connectivity index (χ1v) is 4.07. The molecule has 0 spiro atoms. The molecule has 1 aromatic heterocycles. The molecule has 0 saturated carbocycles. The van der Waals surface area contributed by atoms with E-state index in [1.54, 1.807) is 22.6 Å². The molecule has 0 saturated heterocycles. The predicted molar refractivity (Wildman–Crippen MR) is 47.1 cm³/mol. The zero-order chi connectivity index (χ0) is 8.43. The summed E-state index contributed by atoms with van der Waals surface area (Å²) in [5, 5.41) is -0.797. The van der Waals surface area contributed by atoms with E-state index in [1.165, 1.54) is 6.20 Å². The highest BCUT2D eigenvalue weighted by Crippen LogP contribution is 2.15. The third kappa shape index (κ3) is 1.87. The van der Waals surface area contributed by atoms with E-state index in [0.29, 0.717) is 3.57 Å². The van der Waals surface area contributed by atoms with Gasteiger partial charge in [0.25, 0.3) is 5.24 Å². The molecule has 0 unspecified atom stereocenters. The van der Waals surface area contributed by atoms with Crippen LogP contribution >= 0.6 is 34.2 Å². The van der Waals surface area contributed by atoms with Crippen LogP contribution in [0.4, 0.5) is 4.39 Å². The Kier molecular flexibility index (Phi) is 2.78. The first kappa shape index (κ1) is 8.86. The van der Waals surface area contributed by atoms with Crippen molar-refractivity contribution in [2.45, 2.75) is 0 Å². The van der Waals surface area contributed by atoms with Crippen LogP contribution in [-0.4, -0.2) is 10.2 Å². The Hall–Kier alpha value is -0.230. The number of halogens is 3. The highest BCUT2D eigenvalue weighted by atomic mass is 127. The molecule has 0 aliphatic carbocycles. The number of hydrogen-bond acceptors (Lipinski definition) is 2. The van der Waals surface area contributed by atoms with Gasteiger partial charge in [-0.05, 0) is 34.2 Å². The van der Waals surface area contributed by atoms with Crippen LogP contribution in [0.3, 0.4) is 0 Å². The van der Waals surface area contributed by atoms with Crippen LogP contribution < -0.4 is 0 Å². The molecule has 5 heteroatoms. The molecule has 0 bridgehead atoms. The van der Waals surface area contributed by atoms with E-state index in [0.717, 1.165) is 6.20 Å². The van der Waals surface area contributed by atoms with Crippen molar-refractivity contribution >= 4 is 39.4 Å². The summed E-state index contributed by atoms with van der Waals surface area (Å²) in [5.41, 5.74) is -0.109. The molecular formula is C6H2ClFINO. The van der Waals surface area contributed by atoms with Crippen molar-refractivity contribution in [3.05, 3.63) is 27.3 Å². The number of rotatable bonds is 1. The lowest BCUT2D eigenvalue weighted by Gasteiger charge is -1.97. The Labute approximate surface area is 80.9 Å². The van der Waals surface area contributed by atoms with E-state index in [9.17, 15) is 9.18 Å². The van der Waals surface area contributed by atoms with Crippen LogP contribution in [0.5, 0.6) is 0 Å². The topological polar surface area (TPSA) is 30.0 Å². The summed E-state index contributed by atoms with van der Waals surface area (Å²) in [6.07, 6.45) is 2.33. The fourth-order valence-corrected chi connectivity index (χ4v) is 1.61. The lowest BCUT2D eigenvalue weighted by Crippen LogP contribution is -1.98. The van der Waals surface area contributed by atoms with E-state index in [-0.39, 0.29) is 5.56 Å². The second-order valence-electron chi connectivity index (χ2n) is 1.75. The summed E-state index contributed by atoms with van der Waals surface area (Å²) in [6, 6.07) is 0. The summed E-state index contributed by atoms with van der Waals surface area (Å²) >= 11 is 6.90. The van der Waals surface area contributed by atoms with Gasteiger partial charge in [-0.3, -0.25) is 9.78 Å². The van der Waals surface area contributed by atoms with Crippen molar-refractivity contribution in [2.24, 2.45) is 0 Å². The standard InChI is InChI=1S/C6H2ClFINO/c7-6(11)5-3(8)1-10-2-4(5)9/h1-2H. The molecule has 1 heterocycles. The van der Waals surface area contributed by atoms with Crippen LogP contribution in [0, 0.1) is 9.39 Å². The average molecular weight is 285 g/mol. The van der Waals surface area contributed by atoms with Gasteiger partial charge in [0.1, 0.15) is 0 Å². The van der Waals surface area contributed by atoms with E-state index in [2.05, 4.69) is 4.98 Å². The van der Waals surface area contributed by atoms with Gasteiger partial charge in [-0.15, -0.1) is 0 Å². The minimum Gasteiger partial charge on any atom is -0.275 e. The smallest absolute Gasteiger partial charge is 0.256 e. The van der Waals surface area contributed by atoms with E-state index in [4.69, 9.17) is 11.6 Å². The Morgan fingerprint density at radius 2 is 2.27 bits per heavy atom. The molecule has 0 amide bonds. The molecule has 0 fully saturated rings. The van der Waals surface area contributed by atoms with Gasteiger partial charge in [-0.1, -0.05) is 0 Å². The molecule has 0 radical (unpaired) electrons. The van der Waals surface area contributed by atoms with Crippen LogP contribution in [0.1, 0.15) is 10.4 Å². The summed E-state index contributed by atoms with van der Waals surface area (Å²) in [4.78, 5) is 14.1. The molecule has 0 atom stereocenters. The SMILES string of the molecule is O=C(Cl)c1c(F)cncc1I. The molecular weight excluding hydrogens is 283 g/mol. The van der Waals surface area contributed by atoms with Crippen molar-refractivity contribution in [2.75, 3.05) is 0 Å². The summed E-state index contributed by atoms with van der Waals surface area (Å²) in [5.74, 6) is -0.683. The molecule has 0 aromatic carbocycles. The first-order chi connectivity index (χ1) is 5.13. The zero-order valence-electron chi connectivity index (χ0n) is 5.14. The van der Waals surface area contributed by atoms with Gasteiger partial charge in [0, 0.05) is 9.77 Å². The van der Waals surface area contributed by atoms with E-state index < -0.39 is 11.1 Å². The maximum absolute atomic E-state index is 12.7. The maximum atomic E-state index is 12.7. The number of hydrogen-bond donors (Lipinski definition) is 0. The Bertz CT molecular complexity index is 284. The minimum absolute atomic E-state index is 0.109. The lowest BCUT2D eigenvalue weighted by atomic mass is 10.3. The highest BCUT2D eigenvalue weighted by Gasteiger charge is 2.12. The van der Waals surface area contributed by atoms with Crippen molar-refractivity contribution in [3.8, 4) is 0 Å². The Morgan fingerprint density at radius 1 is 1.64 bits per heavy atom. The monoisotopic (exact) mass is 285 g/mol. The van der Waals surface area contributed by atoms with Gasteiger partial charge in [-0.2, -0.15) is 0 Å². The summed E-state index contributed by atoms with van der Waals surface area (Å²) in [6.45, 7) is 0. The van der Waals surface area contributed by atoms with Crippen LogP contribution in [0.25, 0.3) is 0 Å². The number of carbonyl (C=O) groups is 1. The Balaban J connectivity index is 3.32. The Morgan fingerprint density at radius 3 is 2.64 bits per heavy atom. The van der Waals surface area contributed by atoms with Gasteiger partial charge in [-0.25, -0.2) is 4.39 Å². The van der Waals surface area contributed by atoms with Crippen molar-refractivity contribution in [1.82, 2.24) is 4.98 Å². The molecule has 0 aliphatic heterocycles. The molecule has 0 aliphatic rings. The number of nitrogens with zero attached hydrogens (tertiary/aromatic N) is 1. The van der Waals surface area contributed by atoms with Crippen molar-refractivity contribution < 1.29 is 9.18 Å². The van der Waals surface area contributed by atoms with Crippen molar-refractivity contribution in [3.63, 3.8) is 0 Å². The molecule has 11 heavy (non-hydrogen) atoms. The van der Waals surface area contributed by atoms with E-state index in [1.807, 2.05) is 0 Å². The van der Waals surface area contributed by atoms with E-state index >= 15 is 0 Å². The summed E-state index contributed by atoms with van der Waals surface area (Å²) in [7, 11) is 0. The fourth-order valence-electron chi connectivity index (χ4n) is 0.599. The highest BCUT2D eigenvalue weighted by molar-refractivity contribution is 14.1. The lowest BCUT2D eigenvalue weighted by molar-refractivity contribution is 0.107. The number of aromatic nitrogens is 1. The normalized spacial score (nSPS) is 9.73. The van der Waals surface area contributed by atoms with Gasteiger partial charge in [0.05, 0.1) is 11.8 Å².